The van der Waals surface area contributed by atoms with Gasteiger partial charge in [0.05, 0.1) is 0 Å². The molecule has 1 fully saturated rings. The topological polar surface area (TPSA) is 15.3 Å². The Morgan fingerprint density at radius 1 is 1.18 bits per heavy atom. The Labute approximate surface area is 108 Å². The summed E-state index contributed by atoms with van der Waals surface area (Å²) in [4.78, 5) is 2.68. The van der Waals surface area contributed by atoms with Gasteiger partial charge in [-0.3, -0.25) is 0 Å². The normalized spacial score (nSPS) is 22.6. The molecule has 0 amide bonds. The van der Waals surface area contributed by atoms with Crippen LogP contribution in [0.3, 0.4) is 0 Å². The van der Waals surface area contributed by atoms with Crippen molar-refractivity contribution in [2.45, 2.75) is 59.4 Å². The maximum Gasteiger partial charge on any atom is 0.00678 e. The van der Waals surface area contributed by atoms with Gasteiger partial charge in [-0.1, -0.05) is 27.2 Å². The first-order chi connectivity index (χ1) is 8.17. The molecular weight excluding hydrogens is 208 g/mol. The van der Waals surface area contributed by atoms with Crippen LogP contribution in [0.1, 0.15) is 53.4 Å². The Balaban J connectivity index is 2.21. The molecule has 2 heteroatoms. The van der Waals surface area contributed by atoms with E-state index in [1.54, 1.807) is 0 Å². The van der Waals surface area contributed by atoms with Gasteiger partial charge in [0.15, 0.2) is 0 Å². The standard InChI is InChI=1S/C15H32N2/c1-5-7-13(3)12-17-10-8-15(9-11-17)14(4)16-6-2/h13-16H,5-12H2,1-4H3. The van der Waals surface area contributed by atoms with E-state index in [1.165, 1.54) is 45.3 Å². The quantitative estimate of drug-likeness (QED) is 0.735. The van der Waals surface area contributed by atoms with Gasteiger partial charge >= 0.3 is 0 Å². The fraction of sp³-hybridized carbons (Fsp3) is 1.00. The number of piperidine rings is 1. The molecule has 0 radical (unpaired) electrons. The van der Waals surface area contributed by atoms with Crippen LogP contribution in [0, 0.1) is 11.8 Å². The van der Waals surface area contributed by atoms with Crippen molar-refractivity contribution in [3.8, 4) is 0 Å². The highest BCUT2D eigenvalue weighted by atomic mass is 15.1. The molecule has 0 aromatic rings. The molecule has 0 bridgehead atoms. The van der Waals surface area contributed by atoms with Gasteiger partial charge in [0.25, 0.3) is 0 Å². The zero-order chi connectivity index (χ0) is 12.7. The van der Waals surface area contributed by atoms with Gasteiger partial charge in [0.1, 0.15) is 0 Å². The van der Waals surface area contributed by atoms with E-state index >= 15 is 0 Å². The van der Waals surface area contributed by atoms with E-state index in [-0.39, 0.29) is 0 Å². The van der Waals surface area contributed by atoms with E-state index in [0.717, 1.165) is 18.4 Å². The summed E-state index contributed by atoms with van der Waals surface area (Å²) in [6.07, 6.45) is 5.48. The summed E-state index contributed by atoms with van der Waals surface area (Å²) in [6.45, 7) is 14.3. The van der Waals surface area contributed by atoms with Crippen LogP contribution in [0.5, 0.6) is 0 Å². The highest BCUT2D eigenvalue weighted by Crippen LogP contribution is 2.21. The molecule has 0 aromatic carbocycles. The van der Waals surface area contributed by atoms with Crippen molar-refractivity contribution < 1.29 is 0 Å². The van der Waals surface area contributed by atoms with Crippen molar-refractivity contribution in [2.75, 3.05) is 26.2 Å². The fourth-order valence-corrected chi connectivity index (χ4v) is 3.15. The summed E-state index contributed by atoms with van der Waals surface area (Å²) in [5.74, 6) is 1.77. The molecule has 0 saturated carbocycles. The largest absolute Gasteiger partial charge is 0.314 e. The Morgan fingerprint density at radius 2 is 1.82 bits per heavy atom. The van der Waals surface area contributed by atoms with Gasteiger partial charge < -0.3 is 10.2 Å². The van der Waals surface area contributed by atoms with E-state index in [4.69, 9.17) is 0 Å². The third-order valence-electron chi connectivity index (χ3n) is 4.22. The van der Waals surface area contributed by atoms with Crippen LogP contribution in [0.15, 0.2) is 0 Å². The maximum atomic E-state index is 3.57. The van der Waals surface area contributed by atoms with Crippen LogP contribution >= 0.6 is 0 Å². The van der Waals surface area contributed by atoms with Crippen LogP contribution in [0.4, 0.5) is 0 Å². The molecule has 0 aromatic heterocycles. The molecule has 1 N–H and O–H groups in total. The van der Waals surface area contributed by atoms with E-state index < -0.39 is 0 Å². The van der Waals surface area contributed by atoms with E-state index in [9.17, 15) is 0 Å². The number of nitrogens with zero attached hydrogens (tertiary/aromatic N) is 1. The van der Waals surface area contributed by atoms with Crippen LogP contribution in [0.25, 0.3) is 0 Å². The van der Waals surface area contributed by atoms with Crippen LogP contribution in [-0.2, 0) is 0 Å². The average Bonchev–Trinajstić information content (AvgIpc) is 2.30. The Hall–Kier alpha value is -0.0800. The lowest BCUT2D eigenvalue weighted by Gasteiger charge is -2.36. The van der Waals surface area contributed by atoms with Gasteiger partial charge in [0.2, 0.25) is 0 Å². The van der Waals surface area contributed by atoms with Gasteiger partial charge in [-0.05, 0) is 57.7 Å². The summed E-state index contributed by atoms with van der Waals surface area (Å²) in [5.41, 5.74) is 0. The SMILES string of the molecule is CCCC(C)CN1CCC(C(C)NCC)CC1. The number of rotatable bonds is 7. The molecule has 1 saturated heterocycles. The number of likely N-dealkylation sites (tertiary alicyclic amines) is 1. The summed E-state index contributed by atoms with van der Waals surface area (Å²) in [6, 6.07) is 0.704. The molecule has 0 spiro atoms. The minimum Gasteiger partial charge on any atom is -0.314 e. The Morgan fingerprint density at radius 3 is 2.35 bits per heavy atom. The third-order valence-corrected chi connectivity index (χ3v) is 4.22. The Kier molecular flexibility index (Phi) is 7.14. The zero-order valence-electron chi connectivity index (χ0n) is 12.3. The lowest BCUT2D eigenvalue weighted by molar-refractivity contribution is 0.145. The second kappa shape index (κ2) is 8.10. The highest BCUT2D eigenvalue weighted by Gasteiger charge is 2.23. The molecule has 1 aliphatic heterocycles. The second-order valence-corrected chi connectivity index (χ2v) is 5.88. The zero-order valence-corrected chi connectivity index (χ0v) is 12.3. The predicted molar refractivity (Wildman–Crippen MR) is 76.4 cm³/mol. The molecule has 1 heterocycles. The van der Waals surface area contributed by atoms with Gasteiger partial charge in [-0.15, -0.1) is 0 Å². The minimum atomic E-state index is 0.704. The molecule has 1 rings (SSSR count). The number of hydrogen-bond donors (Lipinski definition) is 1. The van der Waals surface area contributed by atoms with Gasteiger partial charge in [0, 0.05) is 12.6 Å². The first-order valence-electron chi connectivity index (χ1n) is 7.63. The first-order valence-corrected chi connectivity index (χ1v) is 7.63. The lowest BCUT2D eigenvalue weighted by Crippen LogP contribution is -2.43. The van der Waals surface area contributed by atoms with E-state index in [2.05, 4.69) is 37.9 Å². The van der Waals surface area contributed by atoms with Crippen molar-refractivity contribution in [2.24, 2.45) is 11.8 Å². The summed E-state index contributed by atoms with van der Waals surface area (Å²) in [5, 5.41) is 3.57. The van der Waals surface area contributed by atoms with Gasteiger partial charge in [-0.25, -0.2) is 0 Å². The van der Waals surface area contributed by atoms with Crippen LogP contribution in [-0.4, -0.2) is 37.1 Å². The molecule has 1 aliphatic rings. The van der Waals surface area contributed by atoms with Crippen molar-refractivity contribution in [3.63, 3.8) is 0 Å². The maximum absolute atomic E-state index is 3.57. The predicted octanol–water partition coefficient (Wildman–Crippen LogP) is 3.13. The first kappa shape index (κ1) is 15.0. The summed E-state index contributed by atoms with van der Waals surface area (Å²) < 4.78 is 0. The molecule has 102 valence electrons. The smallest absolute Gasteiger partial charge is 0.00678 e. The van der Waals surface area contributed by atoms with E-state index in [1.807, 2.05) is 0 Å². The average molecular weight is 240 g/mol. The van der Waals surface area contributed by atoms with Crippen LogP contribution in [0.2, 0.25) is 0 Å². The molecular formula is C15H32N2. The fourth-order valence-electron chi connectivity index (χ4n) is 3.15. The van der Waals surface area contributed by atoms with Crippen molar-refractivity contribution in [1.29, 1.82) is 0 Å². The molecule has 17 heavy (non-hydrogen) atoms. The molecule has 0 aliphatic carbocycles. The summed E-state index contributed by atoms with van der Waals surface area (Å²) >= 11 is 0. The Bertz CT molecular complexity index is 185. The second-order valence-electron chi connectivity index (χ2n) is 5.88. The summed E-state index contributed by atoms with van der Waals surface area (Å²) in [7, 11) is 0. The monoisotopic (exact) mass is 240 g/mol. The highest BCUT2D eigenvalue weighted by molar-refractivity contribution is 4.79. The van der Waals surface area contributed by atoms with Crippen molar-refractivity contribution in [1.82, 2.24) is 10.2 Å². The molecule has 2 nitrogen and oxygen atoms in total. The van der Waals surface area contributed by atoms with E-state index in [0.29, 0.717) is 6.04 Å². The van der Waals surface area contributed by atoms with Crippen LogP contribution < -0.4 is 5.32 Å². The van der Waals surface area contributed by atoms with Gasteiger partial charge in [-0.2, -0.15) is 0 Å². The van der Waals surface area contributed by atoms with Crippen molar-refractivity contribution in [3.05, 3.63) is 0 Å². The third kappa shape index (κ3) is 5.39. The number of hydrogen-bond acceptors (Lipinski definition) is 2. The number of nitrogens with one attached hydrogen (secondary N) is 1. The lowest BCUT2D eigenvalue weighted by atomic mass is 9.89. The van der Waals surface area contributed by atoms with Crippen molar-refractivity contribution >= 4 is 0 Å². The molecule has 2 atom stereocenters. The minimum absolute atomic E-state index is 0.704. The molecule has 2 unspecified atom stereocenters.